The molecule has 0 aliphatic carbocycles. The van der Waals surface area contributed by atoms with Gasteiger partial charge in [-0.15, -0.1) is 0 Å². The van der Waals surface area contributed by atoms with Crippen molar-refractivity contribution < 1.29 is 4.74 Å². The van der Waals surface area contributed by atoms with Gasteiger partial charge in [-0.05, 0) is 20.8 Å². The molecule has 2 aromatic heterocycles. The van der Waals surface area contributed by atoms with E-state index in [1.54, 1.807) is 13.3 Å². The van der Waals surface area contributed by atoms with Crippen molar-refractivity contribution in [2.75, 3.05) is 30.9 Å². The minimum atomic E-state index is -0.225. The van der Waals surface area contributed by atoms with Crippen LogP contribution in [0.5, 0.6) is 0 Å². The highest BCUT2D eigenvalue weighted by molar-refractivity contribution is 5.87. The lowest BCUT2D eigenvalue weighted by molar-refractivity contribution is 0.158. The number of ether oxygens (including phenoxy) is 1. The first-order chi connectivity index (χ1) is 9.05. The van der Waals surface area contributed by atoms with Crippen molar-refractivity contribution in [2.24, 2.45) is 0 Å². The molecule has 0 amide bonds. The van der Waals surface area contributed by atoms with Crippen LogP contribution in [0.1, 0.15) is 20.8 Å². The van der Waals surface area contributed by atoms with E-state index in [1.165, 1.54) is 0 Å². The predicted octanol–water partition coefficient (Wildman–Crippen LogP) is 1.62. The molecule has 0 spiro atoms. The summed E-state index contributed by atoms with van der Waals surface area (Å²) < 4.78 is 5.21. The molecular weight excluding hydrogens is 244 g/mol. The van der Waals surface area contributed by atoms with Gasteiger partial charge < -0.3 is 15.4 Å². The smallest absolute Gasteiger partial charge is 0.226 e. The molecule has 0 radical (unpaired) electrons. The molecule has 0 fully saturated rings. The first-order valence-corrected chi connectivity index (χ1v) is 6.28. The van der Waals surface area contributed by atoms with Crippen LogP contribution >= 0.6 is 0 Å². The van der Waals surface area contributed by atoms with Crippen LogP contribution in [0.25, 0.3) is 11.0 Å². The van der Waals surface area contributed by atoms with Crippen LogP contribution in [-0.4, -0.2) is 46.0 Å². The second kappa shape index (κ2) is 5.40. The summed E-state index contributed by atoms with van der Waals surface area (Å²) >= 11 is 0. The molecule has 0 saturated heterocycles. The SMILES string of the molecule is CCNc1nc(NC(C)(C)COC)c2cn[nH]c2n1. The van der Waals surface area contributed by atoms with Gasteiger partial charge >= 0.3 is 0 Å². The third kappa shape index (κ3) is 3.11. The Morgan fingerprint density at radius 3 is 2.84 bits per heavy atom. The number of fused-ring (bicyclic) bond motifs is 1. The average molecular weight is 264 g/mol. The Bertz CT molecular complexity index is 550. The maximum Gasteiger partial charge on any atom is 0.226 e. The van der Waals surface area contributed by atoms with Gasteiger partial charge in [-0.1, -0.05) is 0 Å². The molecule has 19 heavy (non-hydrogen) atoms. The van der Waals surface area contributed by atoms with Crippen molar-refractivity contribution in [3.05, 3.63) is 6.20 Å². The Morgan fingerprint density at radius 1 is 1.37 bits per heavy atom. The zero-order valence-electron chi connectivity index (χ0n) is 11.7. The van der Waals surface area contributed by atoms with Crippen molar-refractivity contribution in [3.63, 3.8) is 0 Å². The summed E-state index contributed by atoms with van der Waals surface area (Å²) in [6.07, 6.45) is 1.72. The summed E-state index contributed by atoms with van der Waals surface area (Å²) in [5.74, 6) is 1.33. The second-order valence-electron chi connectivity index (χ2n) is 5.00. The van der Waals surface area contributed by atoms with E-state index in [1.807, 2.05) is 6.92 Å². The zero-order valence-corrected chi connectivity index (χ0v) is 11.7. The Labute approximate surface area is 112 Å². The summed E-state index contributed by atoms with van der Waals surface area (Å²) in [5, 5.41) is 14.2. The normalized spacial score (nSPS) is 11.8. The number of anilines is 2. The van der Waals surface area contributed by atoms with Gasteiger partial charge in [0.05, 0.1) is 23.7 Å². The number of hydrogen-bond donors (Lipinski definition) is 3. The summed E-state index contributed by atoms with van der Waals surface area (Å²) in [6.45, 7) is 7.45. The minimum absolute atomic E-state index is 0.225. The monoisotopic (exact) mass is 264 g/mol. The molecular formula is C12H20N6O. The lowest BCUT2D eigenvalue weighted by atomic mass is 10.1. The summed E-state index contributed by atoms with van der Waals surface area (Å²) in [4.78, 5) is 8.83. The zero-order chi connectivity index (χ0) is 13.9. The van der Waals surface area contributed by atoms with E-state index in [-0.39, 0.29) is 5.54 Å². The van der Waals surface area contributed by atoms with Crippen molar-refractivity contribution in [2.45, 2.75) is 26.3 Å². The van der Waals surface area contributed by atoms with Gasteiger partial charge in [0, 0.05) is 13.7 Å². The molecule has 2 rings (SSSR count). The van der Waals surface area contributed by atoms with Crippen LogP contribution in [0.2, 0.25) is 0 Å². The molecule has 2 aromatic rings. The first-order valence-electron chi connectivity index (χ1n) is 6.28. The van der Waals surface area contributed by atoms with E-state index in [2.05, 4.69) is 44.6 Å². The number of aromatic amines is 1. The molecule has 7 heteroatoms. The largest absolute Gasteiger partial charge is 0.382 e. The summed E-state index contributed by atoms with van der Waals surface area (Å²) in [5.41, 5.74) is 0.484. The van der Waals surface area contributed by atoms with E-state index in [9.17, 15) is 0 Å². The van der Waals surface area contributed by atoms with E-state index >= 15 is 0 Å². The highest BCUT2D eigenvalue weighted by Gasteiger charge is 2.20. The van der Waals surface area contributed by atoms with Crippen LogP contribution < -0.4 is 10.6 Å². The number of aromatic nitrogens is 4. The molecule has 0 aromatic carbocycles. The van der Waals surface area contributed by atoms with Crippen LogP contribution in [0, 0.1) is 0 Å². The highest BCUT2D eigenvalue weighted by Crippen LogP contribution is 2.23. The van der Waals surface area contributed by atoms with E-state index in [4.69, 9.17) is 4.74 Å². The van der Waals surface area contributed by atoms with Crippen LogP contribution in [0.4, 0.5) is 11.8 Å². The maximum absolute atomic E-state index is 5.21. The van der Waals surface area contributed by atoms with E-state index in [0.29, 0.717) is 18.2 Å². The van der Waals surface area contributed by atoms with Crippen LogP contribution in [0.15, 0.2) is 6.20 Å². The minimum Gasteiger partial charge on any atom is -0.382 e. The van der Waals surface area contributed by atoms with Gasteiger partial charge in [0.1, 0.15) is 5.82 Å². The molecule has 2 heterocycles. The Morgan fingerprint density at radius 2 is 2.16 bits per heavy atom. The third-order valence-corrected chi connectivity index (χ3v) is 2.61. The fourth-order valence-electron chi connectivity index (χ4n) is 1.88. The van der Waals surface area contributed by atoms with Gasteiger partial charge in [-0.3, -0.25) is 5.10 Å². The van der Waals surface area contributed by atoms with Gasteiger partial charge in [-0.25, -0.2) is 0 Å². The highest BCUT2D eigenvalue weighted by atomic mass is 16.5. The van der Waals surface area contributed by atoms with Crippen molar-refractivity contribution in [1.29, 1.82) is 0 Å². The molecule has 0 unspecified atom stereocenters. The molecule has 0 aliphatic rings. The first kappa shape index (κ1) is 13.5. The molecule has 0 atom stereocenters. The molecule has 0 bridgehead atoms. The van der Waals surface area contributed by atoms with Crippen molar-refractivity contribution >= 4 is 22.8 Å². The van der Waals surface area contributed by atoms with E-state index < -0.39 is 0 Å². The van der Waals surface area contributed by atoms with Gasteiger partial charge in [-0.2, -0.15) is 15.1 Å². The summed E-state index contributed by atoms with van der Waals surface area (Å²) in [7, 11) is 1.68. The number of methoxy groups -OCH3 is 1. The second-order valence-corrected chi connectivity index (χ2v) is 5.00. The molecule has 0 saturated carbocycles. The van der Waals surface area contributed by atoms with E-state index in [0.717, 1.165) is 17.7 Å². The number of H-pyrrole nitrogens is 1. The van der Waals surface area contributed by atoms with Crippen LogP contribution in [-0.2, 0) is 4.74 Å². The number of nitrogens with one attached hydrogen (secondary N) is 3. The third-order valence-electron chi connectivity index (χ3n) is 2.61. The van der Waals surface area contributed by atoms with Crippen LogP contribution in [0.3, 0.4) is 0 Å². The van der Waals surface area contributed by atoms with Crippen molar-refractivity contribution in [3.8, 4) is 0 Å². The summed E-state index contributed by atoms with van der Waals surface area (Å²) in [6, 6.07) is 0. The van der Waals surface area contributed by atoms with Gasteiger partial charge in [0.15, 0.2) is 5.65 Å². The van der Waals surface area contributed by atoms with Gasteiger partial charge in [0.2, 0.25) is 5.95 Å². The fraction of sp³-hybridized carbons (Fsp3) is 0.583. The lowest BCUT2D eigenvalue weighted by Gasteiger charge is -2.26. The Hall–Kier alpha value is -1.89. The van der Waals surface area contributed by atoms with Gasteiger partial charge in [0.25, 0.3) is 0 Å². The standard InChI is InChI=1S/C12H20N6O/c1-5-13-11-15-9(17-12(2,3)7-19-4)8-6-14-18-10(8)16-11/h6H,5,7H2,1-4H3,(H3,13,14,15,16,17,18). The Kier molecular flexibility index (Phi) is 3.84. The average Bonchev–Trinajstić information content (AvgIpc) is 2.77. The molecule has 7 nitrogen and oxygen atoms in total. The topological polar surface area (TPSA) is 87.8 Å². The quantitative estimate of drug-likeness (QED) is 0.735. The lowest BCUT2D eigenvalue weighted by Crippen LogP contribution is -2.36. The molecule has 0 aliphatic heterocycles. The maximum atomic E-state index is 5.21. The number of rotatable bonds is 6. The fourth-order valence-corrected chi connectivity index (χ4v) is 1.88. The predicted molar refractivity (Wildman–Crippen MR) is 75.4 cm³/mol. The molecule has 104 valence electrons. The molecule has 3 N–H and O–H groups in total. The number of hydrogen-bond acceptors (Lipinski definition) is 6. The van der Waals surface area contributed by atoms with Crippen molar-refractivity contribution in [1.82, 2.24) is 20.2 Å². The Balaban J connectivity index is 2.37. The number of nitrogens with zero attached hydrogens (tertiary/aromatic N) is 3.